The molecule has 2 saturated carbocycles. The van der Waals surface area contributed by atoms with Gasteiger partial charge in [-0.25, -0.2) is 0 Å². The zero-order valence-electron chi connectivity index (χ0n) is 7.16. The van der Waals surface area contributed by atoms with Crippen molar-refractivity contribution in [1.29, 1.82) is 0 Å². The summed E-state index contributed by atoms with van der Waals surface area (Å²) in [5, 5.41) is 0. The smallest absolute Gasteiger partial charge is 0.0168 e. The molecule has 0 spiro atoms. The molecule has 0 aromatic rings. The molecule has 3 aliphatic carbocycles. The molecule has 3 rings (SSSR count). The number of allylic oxidation sites excluding steroid dienone is 2. The largest absolute Gasteiger partial charge is 0.0879 e. The lowest BCUT2D eigenvalue weighted by Crippen LogP contribution is -2.16. The van der Waals surface area contributed by atoms with Crippen molar-refractivity contribution in [3.05, 3.63) is 12.2 Å². The van der Waals surface area contributed by atoms with Crippen molar-refractivity contribution in [3.8, 4) is 0 Å². The Kier molecular flexibility index (Phi) is 1.09. The van der Waals surface area contributed by atoms with Crippen molar-refractivity contribution in [2.75, 3.05) is 0 Å². The predicted molar refractivity (Wildman–Crippen MR) is 46.1 cm³/mol. The summed E-state index contributed by atoms with van der Waals surface area (Å²) in [6.07, 6.45) is 9.39. The maximum Gasteiger partial charge on any atom is -0.0168 e. The second-order valence-corrected chi connectivity index (χ2v) is 4.67. The first-order valence-electron chi connectivity index (χ1n) is 5.04. The van der Waals surface area contributed by atoms with Crippen LogP contribution in [0.1, 0.15) is 26.2 Å². The first-order valence-corrected chi connectivity index (χ1v) is 5.04. The van der Waals surface area contributed by atoms with Crippen LogP contribution < -0.4 is 0 Å². The quantitative estimate of drug-likeness (QED) is 0.463. The molecule has 0 N–H and O–H groups in total. The minimum absolute atomic E-state index is 1.00. The molecule has 11 heavy (non-hydrogen) atoms. The molecule has 0 nitrogen and oxygen atoms in total. The molecule has 60 valence electrons. The van der Waals surface area contributed by atoms with Crippen LogP contribution in [0.3, 0.4) is 0 Å². The molecule has 0 aromatic carbocycles. The van der Waals surface area contributed by atoms with Crippen LogP contribution in [0.4, 0.5) is 0 Å². The van der Waals surface area contributed by atoms with E-state index in [0.29, 0.717) is 0 Å². The molecule has 0 aliphatic heterocycles. The summed E-state index contributed by atoms with van der Waals surface area (Å²) in [6, 6.07) is 0. The van der Waals surface area contributed by atoms with E-state index in [0.717, 1.165) is 29.6 Å². The Morgan fingerprint density at radius 2 is 1.91 bits per heavy atom. The van der Waals surface area contributed by atoms with Gasteiger partial charge in [0.25, 0.3) is 0 Å². The maximum absolute atomic E-state index is 2.50. The third-order valence-electron chi connectivity index (χ3n) is 4.49. The molecule has 0 aromatic heterocycles. The van der Waals surface area contributed by atoms with Crippen molar-refractivity contribution in [3.63, 3.8) is 0 Å². The summed E-state index contributed by atoms with van der Waals surface area (Å²) >= 11 is 0. The van der Waals surface area contributed by atoms with Crippen LogP contribution in [0, 0.1) is 29.6 Å². The van der Waals surface area contributed by atoms with Gasteiger partial charge in [-0.3, -0.25) is 0 Å². The topological polar surface area (TPSA) is 0 Å². The normalized spacial score (nSPS) is 58.8. The summed E-state index contributed by atoms with van der Waals surface area (Å²) in [5.41, 5.74) is 0. The van der Waals surface area contributed by atoms with Gasteiger partial charge in [0.15, 0.2) is 0 Å². The lowest BCUT2D eigenvalue weighted by atomic mass is 9.82. The zero-order valence-corrected chi connectivity index (χ0v) is 7.16. The van der Waals surface area contributed by atoms with Crippen LogP contribution in [0.25, 0.3) is 0 Å². The van der Waals surface area contributed by atoms with Crippen LogP contribution in [0.5, 0.6) is 0 Å². The molecule has 0 amide bonds. The Morgan fingerprint density at radius 3 is 2.73 bits per heavy atom. The Morgan fingerprint density at radius 1 is 1.09 bits per heavy atom. The Labute approximate surface area is 68.7 Å². The number of hydrogen-bond acceptors (Lipinski definition) is 0. The van der Waals surface area contributed by atoms with E-state index in [2.05, 4.69) is 19.1 Å². The fourth-order valence-corrected chi connectivity index (χ4v) is 3.99. The lowest BCUT2D eigenvalue weighted by Gasteiger charge is -2.23. The maximum atomic E-state index is 2.50. The Balaban J connectivity index is 1.98. The van der Waals surface area contributed by atoms with Crippen molar-refractivity contribution in [2.24, 2.45) is 29.6 Å². The summed E-state index contributed by atoms with van der Waals surface area (Å²) in [7, 11) is 0. The highest BCUT2D eigenvalue weighted by Gasteiger charge is 2.51. The van der Waals surface area contributed by atoms with Crippen LogP contribution in [0.2, 0.25) is 0 Å². The van der Waals surface area contributed by atoms with E-state index in [1.807, 2.05) is 0 Å². The second kappa shape index (κ2) is 1.91. The fraction of sp³-hybridized carbons (Fsp3) is 0.818. The zero-order chi connectivity index (χ0) is 7.42. The molecule has 2 fully saturated rings. The van der Waals surface area contributed by atoms with E-state index in [1.165, 1.54) is 19.3 Å². The molecule has 0 saturated heterocycles. The molecule has 0 radical (unpaired) electrons. The SMILES string of the molecule is CC1C2CCC1C1CC=CC21. The summed E-state index contributed by atoms with van der Waals surface area (Å²) in [6.45, 7) is 2.48. The highest BCUT2D eigenvalue weighted by Crippen LogP contribution is 2.59. The molecule has 3 aliphatic rings. The molecular formula is C11H16. The van der Waals surface area contributed by atoms with E-state index in [9.17, 15) is 0 Å². The van der Waals surface area contributed by atoms with Gasteiger partial charge in [0.05, 0.1) is 0 Å². The van der Waals surface area contributed by atoms with Gasteiger partial charge < -0.3 is 0 Å². The van der Waals surface area contributed by atoms with Crippen molar-refractivity contribution >= 4 is 0 Å². The van der Waals surface area contributed by atoms with Crippen LogP contribution in [-0.2, 0) is 0 Å². The highest BCUT2D eigenvalue weighted by atomic mass is 14.6. The third kappa shape index (κ3) is 0.617. The van der Waals surface area contributed by atoms with Gasteiger partial charge in [0, 0.05) is 0 Å². The van der Waals surface area contributed by atoms with E-state index >= 15 is 0 Å². The van der Waals surface area contributed by atoms with Gasteiger partial charge in [-0.2, -0.15) is 0 Å². The first-order chi connectivity index (χ1) is 5.38. The number of rotatable bonds is 0. The van der Waals surface area contributed by atoms with Gasteiger partial charge in [0.1, 0.15) is 0 Å². The van der Waals surface area contributed by atoms with Gasteiger partial charge >= 0.3 is 0 Å². The molecule has 0 heteroatoms. The Hall–Kier alpha value is -0.260. The number of fused-ring (bicyclic) bond motifs is 5. The highest BCUT2D eigenvalue weighted by molar-refractivity contribution is 5.13. The van der Waals surface area contributed by atoms with Crippen molar-refractivity contribution in [2.45, 2.75) is 26.2 Å². The van der Waals surface area contributed by atoms with Gasteiger partial charge in [-0.1, -0.05) is 19.1 Å². The summed E-state index contributed by atoms with van der Waals surface area (Å²) < 4.78 is 0. The monoisotopic (exact) mass is 148 g/mol. The minimum atomic E-state index is 1.00. The summed E-state index contributed by atoms with van der Waals surface area (Å²) in [4.78, 5) is 0. The third-order valence-corrected chi connectivity index (χ3v) is 4.49. The van der Waals surface area contributed by atoms with E-state index in [1.54, 1.807) is 0 Å². The van der Waals surface area contributed by atoms with Gasteiger partial charge in [-0.15, -0.1) is 0 Å². The number of hydrogen-bond donors (Lipinski definition) is 0. The lowest BCUT2D eigenvalue weighted by molar-refractivity contribution is 0.284. The van der Waals surface area contributed by atoms with E-state index < -0.39 is 0 Å². The Bertz CT molecular complexity index is 204. The minimum Gasteiger partial charge on any atom is -0.0879 e. The van der Waals surface area contributed by atoms with Crippen molar-refractivity contribution < 1.29 is 0 Å². The predicted octanol–water partition coefficient (Wildman–Crippen LogP) is 2.85. The van der Waals surface area contributed by atoms with Crippen molar-refractivity contribution in [1.82, 2.24) is 0 Å². The van der Waals surface area contributed by atoms with Crippen LogP contribution in [0.15, 0.2) is 12.2 Å². The van der Waals surface area contributed by atoms with Gasteiger partial charge in [-0.05, 0) is 48.9 Å². The standard InChI is InChI=1S/C11H16/c1-7-8-5-6-9(7)11-4-2-3-10(8)11/h2-3,7-11H,4-6H2,1H3. The van der Waals surface area contributed by atoms with Crippen LogP contribution >= 0.6 is 0 Å². The van der Waals surface area contributed by atoms with E-state index in [4.69, 9.17) is 0 Å². The van der Waals surface area contributed by atoms with Crippen LogP contribution in [-0.4, -0.2) is 0 Å². The molecule has 5 atom stereocenters. The fourth-order valence-electron chi connectivity index (χ4n) is 3.99. The summed E-state index contributed by atoms with van der Waals surface area (Å²) in [5.74, 6) is 5.30. The second-order valence-electron chi connectivity index (χ2n) is 4.67. The average Bonchev–Trinajstić information content (AvgIpc) is 2.61. The molecular weight excluding hydrogens is 132 g/mol. The first kappa shape index (κ1) is 6.28. The van der Waals surface area contributed by atoms with E-state index in [-0.39, 0.29) is 0 Å². The molecule has 2 bridgehead atoms. The molecule has 0 heterocycles. The average molecular weight is 148 g/mol. The van der Waals surface area contributed by atoms with Gasteiger partial charge in [0.2, 0.25) is 0 Å². The molecule has 5 unspecified atom stereocenters.